The molecule has 17 heavy (non-hydrogen) atoms. The zero-order valence-corrected chi connectivity index (χ0v) is 11.3. The van der Waals surface area contributed by atoms with E-state index in [2.05, 4.69) is 21.8 Å². The molecule has 0 spiro atoms. The molecule has 98 valence electrons. The summed E-state index contributed by atoms with van der Waals surface area (Å²) in [6.07, 6.45) is 3.77. The van der Waals surface area contributed by atoms with Crippen molar-refractivity contribution in [1.29, 1.82) is 0 Å². The third-order valence-corrected chi connectivity index (χ3v) is 2.59. The molecular formula is C12H24N4O. The summed E-state index contributed by atoms with van der Waals surface area (Å²) in [6, 6.07) is 0. The van der Waals surface area contributed by atoms with Crippen molar-refractivity contribution < 1.29 is 5.11 Å². The lowest BCUT2D eigenvalue weighted by Gasteiger charge is -2.27. The Hall–Kier alpha value is -0.910. The molecule has 1 heterocycles. The fourth-order valence-electron chi connectivity index (χ4n) is 1.98. The van der Waals surface area contributed by atoms with Crippen LogP contribution in [0.25, 0.3) is 0 Å². The average Bonchev–Trinajstić information content (AvgIpc) is 2.62. The summed E-state index contributed by atoms with van der Waals surface area (Å²) in [5, 5.41) is 13.4. The molecule has 5 nitrogen and oxygen atoms in total. The zero-order chi connectivity index (χ0) is 12.9. The van der Waals surface area contributed by atoms with E-state index < -0.39 is 5.60 Å². The third kappa shape index (κ3) is 4.85. The molecule has 0 radical (unpaired) electrons. The molecular weight excluding hydrogens is 216 g/mol. The largest absolute Gasteiger partial charge is 0.388 e. The topological polar surface area (TPSA) is 53.3 Å². The van der Waals surface area contributed by atoms with Gasteiger partial charge < -0.3 is 19.9 Å². The molecule has 1 aromatic rings. The normalized spacial score (nSPS) is 15.2. The molecule has 0 saturated carbocycles. The fraction of sp³-hybridized carbons (Fsp3) is 0.750. The Bertz CT molecular complexity index is 333. The molecule has 1 aromatic heterocycles. The van der Waals surface area contributed by atoms with Gasteiger partial charge in [0.25, 0.3) is 0 Å². The monoisotopic (exact) mass is 240 g/mol. The summed E-state index contributed by atoms with van der Waals surface area (Å²) < 4.78 is 2.09. The third-order valence-electron chi connectivity index (χ3n) is 2.59. The molecule has 0 saturated heterocycles. The molecule has 0 aromatic carbocycles. The zero-order valence-electron chi connectivity index (χ0n) is 11.3. The standard InChI is InChI=1S/C12H24N4O/c1-5-16-7-6-14-11(16)8-13-9-12(2,17)10-15(3)4/h6-7,13,17H,5,8-10H2,1-4H3. The molecule has 0 aliphatic heterocycles. The van der Waals surface area contributed by atoms with Crippen LogP contribution in [0.5, 0.6) is 0 Å². The lowest BCUT2D eigenvalue weighted by atomic mass is 10.1. The van der Waals surface area contributed by atoms with Gasteiger partial charge in [0.05, 0.1) is 12.1 Å². The molecule has 0 fully saturated rings. The SMILES string of the molecule is CCn1ccnc1CNCC(C)(O)CN(C)C. The van der Waals surface area contributed by atoms with Crippen molar-refractivity contribution in [3.8, 4) is 0 Å². The Labute approximate surface area is 103 Å². The highest BCUT2D eigenvalue weighted by Crippen LogP contribution is 2.03. The summed E-state index contributed by atoms with van der Waals surface area (Å²) in [5.74, 6) is 1.01. The highest BCUT2D eigenvalue weighted by molar-refractivity contribution is 4.92. The van der Waals surface area contributed by atoms with Crippen molar-refractivity contribution in [2.24, 2.45) is 0 Å². The second kappa shape index (κ2) is 6.14. The minimum absolute atomic E-state index is 0.557. The van der Waals surface area contributed by atoms with Crippen LogP contribution in [0, 0.1) is 0 Å². The first-order valence-corrected chi connectivity index (χ1v) is 6.02. The Morgan fingerprint density at radius 3 is 2.82 bits per heavy atom. The number of aromatic nitrogens is 2. The first kappa shape index (κ1) is 14.2. The highest BCUT2D eigenvalue weighted by Gasteiger charge is 2.20. The Morgan fingerprint density at radius 2 is 2.24 bits per heavy atom. The molecule has 0 aliphatic rings. The number of hydrogen-bond acceptors (Lipinski definition) is 4. The van der Waals surface area contributed by atoms with Gasteiger partial charge in [-0.3, -0.25) is 0 Å². The van der Waals surface area contributed by atoms with Gasteiger partial charge in [-0.1, -0.05) is 0 Å². The predicted octanol–water partition coefficient (Wildman–Crippen LogP) is 0.305. The average molecular weight is 240 g/mol. The molecule has 1 rings (SSSR count). The van der Waals surface area contributed by atoms with Crippen molar-refractivity contribution in [2.45, 2.75) is 32.5 Å². The number of aliphatic hydroxyl groups is 1. The fourth-order valence-corrected chi connectivity index (χ4v) is 1.98. The lowest BCUT2D eigenvalue weighted by Crippen LogP contribution is -2.45. The van der Waals surface area contributed by atoms with Crippen LogP contribution in [-0.4, -0.2) is 52.3 Å². The van der Waals surface area contributed by atoms with Gasteiger partial charge in [-0.25, -0.2) is 4.98 Å². The van der Waals surface area contributed by atoms with Crippen LogP contribution < -0.4 is 5.32 Å². The maximum atomic E-state index is 10.1. The van der Waals surface area contributed by atoms with E-state index in [1.807, 2.05) is 32.1 Å². The Balaban J connectivity index is 2.37. The van der Waals surface area contributed by atoms with Crippen LogP contribution in [0.4, 0.5) is 0 Å². The van der Waals surface area contributed by atoms with Crippen LogP contribution in [0.3, 0.4) is 0 Å². The van der Waals surface area contributed by atoms with E-state index in [9.17, 15) is 5.11 Å². The number of rotatable bonds is 7. The molecule has 2 N–H and O–H groups in total. The Kier molecular flexibility index (Phi) is 5.11. The molecule has 0 bridgehead atoms. The van der Waals surface area contributed by atoms with Gasteiger partial charge in [0.1, 0.15) is 5.82 Å². The molecule has 1 atom stereocenters. The summed E-state index contributed by atoms with van der Waals surface area (Å²) in [5.41, 5.74) is -0.715. The van der Waals surface area contributed by atoms with E-state index in [1.54, 1.807) is 6.20 Å². The maximum Gasteiger partial charge on any atom is 0.122 e. The number of aryl methyl sites for hydroxylation is 1. The van der Waals surface area contributed by atoms with Gasteiger partial charge in [-0.2, -0.15) is 0 Å². The number of hydrogen-bond donors (Lipinski definition) is 2. The van der Waals surface area contributed by atoms with Crippen molar-refractivity contribution in [3.05, 3.63) is 18.2 Å². The van der Waals surface area contributed by atoms with Crippen molar-refractivity contribution in [2.75, 3.05) is 27.2 Å². The van der Waals surface area contributed by atoms with Crippen LogP contribution >= 0.6 is 0 Å². The molecule has 5 heteroatoms. The first-order valence-electron chi connectivity index (χ1n) is 6.02. The minimum atomic E-state index is -0.715. The van der Waals surface area contributed by atoms with E-state index in [4.69, 9.17) is 0 Å². The van der Waals surface area contributed by atoms with Crippen molar-refractivity contribution in [3.63, 3.8) is 0 Å². The second-order valence-corrected chi connectivity index (χ2v) is 4.97. The first-order chi connectivity index (χ1) is 7.94. The van der Waals surface area contributed by atoms with Gasteiger partial charge >= 0.3 is 0 Å². The van der Waals surface area contributed by atoms with Crippen LogP contribution in [0.1, 0.15) is 19.7 Å². The minimum Gasteiger partial charge on any atom is -0.388 e. The quantitative estimate of drug-likeness (QED) is 0.720. The summed E-state index contributed by atoms with van der Waals surface area (Å²) >= 11 is 0. The van der Waals surface area contributed by atoms with Gasteiger partial charge in [-0.05, 0) is 27.9 Å². The summed E-state index contributed by atoms with van der Waals surface area (Å²) in [7, 11) is 3.91. The Morgan fingerprint density at radius 1 is 1.53 bits per heavy atom. The van der Waals surface area contributed by atoms with Crippen LogP contribution in [0.2, 0.25) is 0 Å². The smallest absolute Gasteiger partial charge is 0.122 e. The number of nitrogens with zero attached hydrogens (tertiary/aromatic N) is 3. The number of imidazole rings is 1. The van der Waals surface area contributed by atoms with Crippen LogP contribution in [-0.2, 0) is 13.1 Å². The predicted molar refractivity (Wildman–Crippen MR) is 68.8 cm³/mol. The number of likely N-dealkylation sites (N-methyl/N-ethyl adjacent to an activating group) is 1. The lowest BCUT2D eigenvalue weighted by molar-refractivity contribution is 0.0334. The van der Waals surface area contributed by atoms with E-state index in [0.29, 0.717) is 19.6 Å². The maximum absolute atomic E-state index is 10.1. The van der Waals surface area contributed by atoms with Crippen LogP contribution in [0.15, 0.2) is 12.4 Å². The van der Waals surface area contributed by atoms with Gasteiger partial charge in [0, 0.05) is 32.0 Å². The van der Waals surface area contributed by atoms with Gasteiger partial charge in [-0.15, -0.1) is 0 Å². The summed E-state index contributed by atoms with van der Waals surface area (Å²) in [6.45, 7) is 6.74. The molecule has 1 unspecified atom stereocenters. The summed E-state index contributed by atoms with van der Waals surface area (Å²) in [4.78, 5) is 6.26. The highest BCUT2D eigenvalue weighted by atomic mass is 16.3. The van der Waals surface area contributed by atoms with Crippen molar-refractivity contribution >= 4 is 0 Å². The molecule has 0 amide bonds. The van der Waals surface area contributed by atoms with Gasteiger partial charge in [0.15, 0.2) is 0 Å². The molecule has 0 aliphatic carbocycles. The van der Waals surface area contributed by atoms with E-state index in [-0.39, 0.29) is 0 Å². The van der Waals surface area contributed by atoms with E-state index in [0.717, 1.165) is 12.4 Å². The second-order valence-electron chi connectivity index (χ2n) is 4.97. The van der Waals surface area contributed by atoms with Gasteiger partial charge in [0.2, 0.25) is 0 Å². The van der Waals surface area contributed by atoms with E-state index in [1.165, 1.54) is 0 Å². The number of nitrogens with one attached hydrogen (secondary N) is 1. The van der Waals surface area contributed by atoms with Crippen molar-refractivity contribution in [1.82, 2.24) is 19.8 Å². The van der Waals surface area contributed by atoms with E-state index >= 15 is 0 Å².